The molecule has 1 unspecified atom stereocenters. The van der Waals surface area contributed by atoms with Gasteiger partial charge in [-0.3, -0.25) is 23.4 Å². The van der Waals surface area contributed by atoms with Crippen molar-refractivity contribution in [3.63, 3.8) is 0 Å². The van der Waals surface area contributed by atoms with Crippen molar-refractivity contribution in [2.75, 3.05) is 19.8 Å². The minimum Gasteiger partial charge on any atom is -0.480 e. The van der Waals surface area contributed by atoms with Gasteiger partial charge in [0.15, 0.2) is 6.10 Å². The van der Waals surface area contributed by atoms with E-state index in [0.29, 0.717) is 12.8 Å². The number of carboxylic acids is 1. The zero-order valence-electron chi connectivity index (χ0n) is 37.8. The summed E-state index contributed by atoms with van der Waals surface area (Å²) >= 11 is 0. The van der Waals surface area contributed by atoms with E-state index in [1.165, 1.54) is 96.3 Å². The van der Waals surface area contributed by atoms with Crippen molar-refractivity contribution < 1.29 is 47.5 Å². The molecule has 12 heteroatoms. The Bertz CT molecular complexity index is 1200. The summed E-state index contributed by atoms with van der Waals surface area (Å²) in [5.41, 5.74) is 5.34. The molecule has 0 spiro atoms. The highest BCUT2D eigenvalue weighted by molar-refractivity contribution is 7.47. The second-order valence-electron chi connectivity index (χ2n) is 15.9. The smallest absolute Gasteiger partial charge is 0.472 e. The normalized spacial score (nSPS) is 14.1. The van der Waals surface area contributed by atoms with E-state index in [1.54, 1.807) is 0 Å². The Kier molecular flexibility index (Phi) is 41.3. The monoisotopic (exact) mass is 868 g/mol. The maximum Gasteiger partial charge on any atom is 0.472 e. The fraction of sp³-hybridized carbons (Fsp3) is 0.771. The summed E-state index contributed by atoms with van der Waals surface area (Å²) in [6.07, 6.45) is 48.9. The molecule has 348 valence electrons. The third-order valence-electron chi connectivity index (χ3n) is 10.1. The molecule has 0 rings (SSSR count). The molecule has 0 aromatic heterocycles. The highest BCUT2D eigenvalue weighted by Crippen LogP contribution is 2.43. The first-order valence-electron chi connectivity index (χ1n) is 23.7. The summed E-state index contributed by atoms with van der Waals surface area (Å²) in [5, 5.41) is 8.90. The summed E-state index contributed by atoms with van der Waals surface area (Å²) in [5.74, 6) is -2.40. The van der Waals surface area contributed by atoms with E-state index in [4.69, 9.17) is 24.8 Å². The van der Waals surface area contributed by atoms with Gasteiger partial charge >= 0.3 is 25.7 Å². The summed E-state index contributed by atoms with van der Waals surface area (Å²) < 4.78 is 32.7. The molecule has 0 bridgehead atoms. The number of carbonyl (C=O) groups excluding carboxylic acids is 2. The Labute approximate surface area is 365 Å². The highest BCUT2D eigenvalue weighted by atomic mass is 31.2. The van der Waals surface area contributed by atoms with E-state index in [2.05, 4.69) is 67.0 Å². The molecule has 0 heterocycles. The number of unbranched alkanes of at least 4 members (excludes halogenated alkanes) is 22. The van der Waals surface area contributed by atoms with E-state index in [0.717, 1.165) is 70.6 Å². The maximum absolute atomic E-state index is 12.6. The van der Waals surface area contributed by atoms with Crippen LogP contribution in [-0.2, 0) is 37.5 Å². The molecule has 60 heavy (non-hydrogen) atoms. The Morgan fingerprint density at radius 3 is 1.42 bits per heavy atom. The SMILES string of the molecule is CC/C=C/C/C=C/C/C=C/CCCCCCCC(=O)O[C@@H](COC(=O)CCCCCCCCCCCCC/C=C/CCCCCCCC)COP(=O)(O)OC[C@H](N)C(=O)O. The first kappa shape index (κ1) is 57.4. The fourth-order valence-electron chi connectivity index (χ4n) is 6.37. The van der Waals surface area contributed by atoms with Crippen LogP contribution in [0.4, 0.5) is 0 Å². The van der Waals surface area contributed by atoms with Crippen LogP contribution in [0.1, 0.15) is 206 Å². The molecule has 3 atom stereocenters. The summed E-state index contributed by atoms with van der Waals surface area (Å²) in [6.45, 7) is 2.68. The Hall–Kier alpha value is -2.56. The van der Waals surface area contributed by atoms with Crippen LogP contribution in [0.2, 0.25) is 0 Å². The largest absolute Gasteiger partial charge is 0.480 e. The van der Waals surface area contributed by atoms with Gasteiger partial charge in [0.05, 0.1) is 13.2 Å². The van der Waals surface area contributed by atoms with Gasteiger partial charge in [0.25, 0.3) is 0 Å². The highest BCUT2D eigenvalue weighted by Gasteiger charge is 2.28. The van der Waals surface area contributed by atoms with Crippen molar-refractivity contribution in [3.8, 4) is 0 Å². The van der Waals surface area contributed by atoms with Crippen LogP contribution >= 0.6 is 7.82 Å². The van der Waals surface area contributed by atoms with Crippen molar-refractivity contribution >= 4 is 25.7 Å². The molecule has 0 aromatic carbocycles. The van der Waals surface area contributed by atoms with E-state index in [9.17, 15) is 23.8 Å². The van der Waals surface area contributed by atoms with Crippen LogP contribution in [0.15, 0.2) is 48.6 Å². The Balaban J connectivity index is 4.28. The third-order valence-corrected chi connectivity index (χ3v) is 11.0. The van der Waals surface area contributed by atoms with Crippen molar-refractivity contribution in [1.82, 2.24) is 0 Å². The lowest BCUT2D eigenvalue weighted by Gasteiger charge is -2.20. The van der Waals surface area contributed by atoms with Crippen molar-refractivity contribution in [3.05, 3.63) is 48.6 Å². The lowest BCUT2D eigenvalue weighted by atomic mass is 10.0. The quantitative estimate of drug-likeness (QED) is 0.0230. The van der Waals surface area contributed by atoms with Crippen LogP contribution in [0.5, 0.6) is 0 Å². The number of hydrogen-bond acceptors (Lipinski definition) is 9. The van der Waals surface area contributed by atoms with Gasteiger partial charge in [-0.1, -0.05) is 172 Å². The zero-order chi connectivity index (χ0) is 44.2. The molecule has 0 aliphatic heterocycles. The third kappa shape index (κ3) is 42.1. The molecule has 0 aromatic rings. The number of phosphoric acid groups is 1. The van der Waals surface area contributed by atoms with Gasteiger partial charge in [0.1, 0.15) is 12.6 Å². The molecular weight excluding hydrogens is 781 g/mol. The number of esters is 2. The first-order valence-corrected chi connectivity index (χ1v) is 25.2. The van der Waals surface area contributed by atoms with Gasteiger partial charge in [-0.15, -0.1) is 0 Å². The maximum atomic E-state index is 12.6. The number of carboxylic acid groups (broad SMARTS) is 1. The molecule has 0 saturated heterocycles. The second-order valence-corrected chi connectivity index (χ2v) is 17.3. The van der Waals surface area contributed by atoms with Gasteiger partial charge in [0, 0.05) is 12.8 Å². The fourth-order valence-corrected chi connectivity index (χ4v) is 7.15. The van der Waals surface area contributed by atoms with Crippen molar-refractivity contribution in [2.45, 2.75) is 219 Å². The van der Waals surface area contributed by atoms with Crippen LogP contribution in [-0.4, -0.2) is 59.9 Å². The molecule has 0 amide bonds. The van der Waals surface area contributed by atoms with Gasteiger partial charge in [-0.25, -0.2) is 4.57 Å². The molecule has 0 aliphatic carbocycles. The predicted octanol–water partition coefficient (Wildman–Crippen LogP) is 13.0. The number of rotatable bonds is 44. The molecule has 11 nitrogen and oxygen atoms in total. The van der Waals surface area contributed by atoms with E-state index in [1.807, 2.05) is 0 Å². The summed E-state index contributed by atoms with van der Waals surface area (Å²) in [7, 11) is -4.72. The topological polar surface area (TPSA) is 172 Å². The summed E-state index contributed by atoms with van der Waals surface area (Å²) in [6, 6.07) is -1.53. The second kappa shape index (κ2) is 43.1. The number of aliphatic carboxylic acids is 1. The van der Waals surface area contributed by atoms with Crippen LogP contribution < -0.4 is 5.73 Å². The zero-order valence-corrected chi connectivity index (χ0v) is 38.7. The number of ether oxygens (including phenoxy) is 2. The van der Waals surface area contributed by atoms with Crippen LogP contribution in [0.25, 0.3) is 0 Å². The molecule has 0 fully saturated rings. The number of carbonyl (C=O) groups is 3. The lowest BCUT2D eigenvalue weighted by molar-refractivity contribution is -0.161. The molecule has 0 aliphatic rings. The molecule has 0 saturated carbocycles. The minimum absolute atomic E-state index is 0.141. The van der Waals surface area contributed by atoms with E-state index >= 15 is 0 Å². The van der Waals surface area contributed by atoms with Crippen molar-refractivity contribution in [1.29, 1.82) is 0 Å². The molecular formula is C48H86NO10P. The Morgan fingerprint density at radius 1 is 0.533 bits per heavy atom. The number of hydrogen-bond donors (Lipinski definition) is 3. The number of phosphoric ester groups is 1. The van der Waals surface area contributed by atoms with Crippen molar-refractivity contribution in [2.24, 2.45) is 5.73 Å². The minimum atomic E-state index is -4.72. The molecule has 0 radical (unpaired) electrons. The predicted molar refractivity (Wildman–Crippen MR) is 245 cm³/mol. The molecule has 4 N–H and O–H groups in total. The van der Waals surface area contributed by atoms with Gasteiger partial charge in [-0.05, 0) is 70.6 Å². The van der Waals surface area contributed by atoms with Gasteiger partial charge in [0.2, 0.25) is 0 Å². The van der Waals surface area contributed by atoms with Crippen LogP contribution in [0.3, 0.4) is 0 Å². The first-order chi connectivity index (χ1) is 29.1. The lowest BCUT2D eigenvalue weighted by Crippen LogP contribution is -2.34. The van der Waals surface area contributed by atoms with Crippen LogP contribution in [0, 0.1) is 0 Å². The average Bonchev–Trinajstić information content (AvgIpc) is 3.22. The number of allylic oxidation sites excluding steroid dienone is 8. The van der Waals surface area contributed by atoms with E-state index < -0.39 is 51.1 Å². The van der Waals surface area contributed by atoms with Gasteiger partial charge in [-0.2, -0.15) is 0 Å². The standard InChI is InChI=1S/C48H86NO10P/c1-3-5-7-9-11-13-15-17-19-20-21-22-23-24-26-27-29-31-33-35-37-39-46(50)56-41-44(42-57-60(54,55)58-43-45(49)48(52)53)59-47(51)40-38-36-34-32-30-28-25-18-16-14-12-10-8-6-4-2/h6,8,12,14,17-19,25,44-45H,3-5,7,9-11,13,15-16,20-24,26-43,49H2,1-2H3,(H,52,53)(H,54,55)/b8-6+,14-12+,19-17+,25-18+/t44-,45-/m0/s1. The number of nitrogens with two attached hydrogens (primary N) is 1. The summed E-state index contributed by atoms with van der Waals surface area (Å²) in [4.78, 5) is 46.1. The Morgan fingerprint density at radius 2 is 0.933 bits per heavy atom. The van der Waals surface area contributed by atoms with Gasteiger partial charge < -0.3 is 25.2 Å². The van der Waals surface area contributed by atoms with E-state index in [-0.39, 0.29) is 19.4 Å². The average molecular weight is 868 g/mol.